The molecule has 2 fully saturated rings. The highest BCUT2D eigenvalue weighted by Gasteiger charge is 2.46. The van der Waals surface area contributed by atoms with Gasteiger partial charge in [-0.15, -0.1) is 0 Å². The van der Waals surface area contributed by atoms with Crippen LogP contribution in [0.5, 0.6) is 0 Å². The van der Waals surface area contributed by atoms with E-state index in [1.54, 1.807) is 15.9 Å². The lowest BCUT2D eigenvalue weighted by molar-refractivity contribution is -0.137. The molecule has 158 valence electrons. The number of amides is 2. The fraction of sp³-hybridized carbons (Fsp3) is 0.364. The first-order valence-electron chi connectivity index (χ1n) is 9.75. The number of carbonyl (C=O) groups excluding carboxylic acids is 2. The van der Waals surface area contributed by atoms with Gasteiger partial charge in [-0.05, 0) is 48.2 Å². The summed E-state index contributed by atoms with van der Waals surface area (Å²) >= 11 is 0. The van der Waals surface area contributed by atoms with Gasteiger partial charge in [0.15, 0.2) is 0 Å². The maximum absolute atomic E-state index is 13.3. The highest BCUT2D eigenvalue weighted by atomic mass is 19.4. The molecule has 1 saturated carbocycles. The first kappa shape index (κ1) is 20.4. The number of hydrogen-bond donors (Lipinski definition) is 0. The van der Waals surface area contributed by atoms with Crippen molar-refractivity contribution < 1.29 is 27.2 Å². The molecular weight excluding hydrogens is 400 g/mol. The summed E-state index contributed by atoms with van der Waals surface area (Å²) in [5, 5.41) is 0. The van der Waals surface area contributed by atoms with Gasteiger partial charge in [-0.25, -0.2) is 4.39 Å². The van der Waals surface area contributed by atoms with Gasteiger partial charge in [-0.1, -0.05) is 18.2 Å². The van der Waals surface area contributed by atoms with Gasteiger partial charge in [0.25, 0.3) is 5.91 Å². The quantitative estimate of drug-likeness (QED) is 0.706. The normalized spacial score (nSPS) is 21.5. The molecule has 1 aliphatic heterocycles. The van der Waals surface area contributed by atoms with E-state index >= 15 is 0 Å². The Balaban J connectivity index is 1.31. The minimum Gasteiger partial charge on any atom is -0.339 e. The van der Waals surface area contributed by atoms with E-state index in [1.165, 1.54) is 30.3 Å². The van der Waals surface area contributed by atoms with E-state index in [9.17, 15) is 27.2 Å². The van der Waals surface area contributed by atoms with Gasteiger partial charge in [-0.2, -0.15) is 13.2 Å². The number of halogens is 4. The van der Waals surface area contributed by atoms with E-state index in [2.05, 4.69) is 0 Å². The molecular formula is C22H20F4N2O2. The third-order valence-corrected chi connectivity index (χ3v) is 5.72. The number of nitrogens with zero attached hydrogens (tertiary/aromatic N) is 2. The lowest BCUT2D eigenvalue weighted by Crippen LogP contribution is -2.51. The molecule has 0 bridgehead atoms. The monoisotopic (exact) mass is 420 g/mol. The first-order valence-corrected chi connectivity index (χ1v) is 9.75. The minimum absolute atomic E-state index is 0.0299. The van der Waals surface area contributed by atoms with Crippen LogP contribution in [0.2, 0.25) is 0 Å². The lowest BCUT2D eigenvalue weighted by Gasteiger charge is -2.35. The standard InChI is InChI=1S/C22H20F4N2O2/c23-17-3-1-2-15(12-17)20(29)27-8-10-28(11-9-27)21(30)19-13-18(19)14-4-6-16(7-5-14)22(24,25)26/h1-7,12,18-19H,8-11,13H2. The van der Waals surface area contributed by atoms with Crippen molar-refractivity contribution in [2.24, 2.45) is 5.92 Å². The van der Waals surface area contributed by atoms with Crippen LogP contribution >= 0.6 is 0 Å². The molecule has 2 aromatic rings. The van der Waals surface area contributed by atoms with E-state index in [0.717, 1.165) is 17.7 Å². The zero-order valence-electron chi connectivity index (χ0n) is 16.0. The third kappa shape index (κ3) is 4.17. The summed E-state index contributed by atoms with van der Waals surface area (Å²) in [6, 6.07) is 10.5. The molecule has 0 N–H and O–H groups in total. The minimum atomic E-state index is -4.38. The summed E-state index contributed by atoms with van der Waals surface area (Å²) in [5.41, 5.74) is 0.314. The van der Waals surface area contributed by atoms with Crippen LogP contribution in [0.3, 0.4) is 0 Å². The number of carbonyl (C=O) groups is 2. The smallest absolute Gasteiger partial charge is 0.339 e. The van der Waals surface area contributed by atoms with Gasteiger partial charge in [0.05, 0.1) is 5.56 Å². The molecule has 1 saturated heterocycles. The van der Waals surface area contributed by atoms with Crippen molar-refractivity contribution in [3.8, 4) is 0 Å². The second kappa shape index (κ2) is 7.74. The second-order valence-corrected chi connectivity index (χ2v) is 7.70. The third-order valence-electron chi connectivity index (χ3n) is 5.72. The Morgan fingerprint density at radius 2 is 1.53 bits per heavy atom. The molecule has 1 aliphatic carbocycles. The SMILES string of the molecule is O=C(c1cccc(F)c1)N1CCN(C(=O)C2CC2c2ccc(C(F)(F)F)cc2)CC1. The predicted molar refractivity (Wildman–Crippen MR) is 101 cm³/mol. The van der Waals surface area contributed by atoms with Crippen LogP contribution in [0.25, 0.3) is 0 Å². The van der Waals surface area contributed by atoms with Gasteiger partial charge in [-0.3, -0.25) is 9.59 Å². The van der Waals surface area contributed by atoms with E-state index in [0.29, 0.717) is 32.6 Å². The van der Waals surface area contributed by atoms with E-state index in [1.807, 2.05) is 0 Å². The van der Waals surface area contributed by atoms with Crippen LogP contribution in [0, 0.1) is 11.7 Å². The highest BCUT2D eigenvalue weighted by Crippen LogP contribution is 2.49. The number of piperazine rings is 1. The van der Waals surface area contributed by atoms with Crippen molar-refractivity contribution in [1.29, 1.82) is 0 Å². The maximum atomic E-state index is 13.3. The molecule has 1 heterocycles. The summed E-state index contributed by atoms with van der Waals surface area (Å²) < 4.78 is 51.4. The van der Waals surface area contributed by atoms with Crippen LogP contribution in [0.15, 0.2) is 48.5 Å². The topological polar surface area (TPSA) is 40.6 Å². The Bertz CT molecular complexity index is 950. The van der Waals surface area contributed by atoms with Gasteiger partial charge >= 0.3 is 6.18 Å². The molecule has 30 heavy (non-hydrogen) atoms. The molecule has 4 nitrogen and oxygen atoms in total. The average Bonchev–Trinajstić information content (AvgIpc) is 3.53. The average molecular weight is 420 g/mol. The predicted octanol–water partition coefficient (Wildman–Crippen LogP) is 3.93. The molecule has 0 aromatic heterocycles. The van der Waals surface area contributed by atoms with E-state index in [-0.39, 0.29) is 29.2 Å². The lowest BCUT2D eigenvalue weighted by atomic mass is 10.1. The summed E-state index contributed by atoms with van der Waals surface area (Å²) in [4.78, 5) is 28.5. The molecule has 2 amide bonds. The number of benzene rings is 2. The summed E-state index contributed by atoms with van der Waals surface area (Å²) in [6.45, 7) is 1.49. The first-order chi connectivity index (χ1) is 14.2. The number of rotatable bonds is 3. The highest BCUT2D eigenvalue weighted by molar-refractivity contribution is 5.94. The Morgan fingerprint density at radius 1 is 0.900 bits per heavy atom. The van der Waals surface area contributed by atoms with Gasteiger partial charge < -0.3 is 9.80 Å². The van der Waals surface area contributed by atoms with Crippen LogP contribution in [-0.2, 0) is 11.0 Å². The van der Waals surface area contributed by atoms with Gasteiger partial charge in [0, 0.05) is 37.7 Å². The Morgan fingerprint density at radius 3 is 2.13 bits per heavy atom. The Hall–Kier alpha value is -2.90. The molecule has 2 aliphatic rings. The zero-order valence-corrected chi connectivity index (χ0v) is 16.0. The number of alkyl halides is 3. The summed E-state index contributed by atoms with van der Waals surface area (Å²) in [5.74, 6) is -1.06. The van der Waals surface area contributed by atoms with Crippen molar-refractivity contribution >= 4 is 11.8 Å². The molecule has 0 spiro atoms. The summed E-state index contributed by atoms with van der Waals surface area (Å²) in [6.07, 6.45) is -3.76. The van der Waals surface area contributed by atoms with E-state index in [4.69, 9.17) is 0 Å². The van der Waals surface area contributed by atoms with Crippen molar-refractivity contribution in [2.75, 3.05) is 26.2 Å². The molecule has 4 rings (SSSR count). The van der Waals surface area contributed by atoms with E-state index < -0.39 is 17.6 Å². The fourth-order valence-corrected chi connectivity index (χ4v) is 3.92. The largest absolute Gasteiger partial charge is 0.416 e. The zero-order chi connectivity index (χ0) is 21.5. The Labute approximate surface area is 171 Å². The summed E-state index contributed by atoms with van der Waals surface area (Å²) in [7, 11) is 0. The molecule has 2 unspecified atom stereocenters. The van der Waals surface area contributed by atoms with Crippen LogP contribution < -0.4 is 0 Å². The van der Waals surface area contributed by atoms with Crippen molar-refractivity contribution in [3.05, 3.63) is 71.0 Å². The van der Waals surface area contributed by atoms with Gasteiger partial charge in [0.1, 0.15) is 5.82 Å². The van der Waals surface area contributed by atoms with Crippen molar-refractivity contribution in [1.82, 2.24) is 9.80 Å². The van der Waals surface area contributed by atoms with Gasteiger partial charge in [0.2, 0.25) is 5.91 Å². The molecule has 8 heteroatoms. The molecule has 2 aromatic carbocycles. The molecule has 2 atom stereocenters. The number of hydrogen-bond acceptors (Lipinski definition) is 2. The molecule has 0 radical (unpaired) electrons. The fourth-order valence-electron chi connectivity index (χ4n) is 3.92. The van der Waals surface area contributed by atoms with Crippen LogP contribution in [0.1, 0.15) is 33.8 Å². The second-order valence-electron chi connectivity index (χ2n) is 7.70. The van der Waals surface area contributed by atoms with Crippen molar-refractivity contribution in [2.45, 2.75) is 18.5 Å². The van der Waals surface area contributed by atoms with Crippen LogP contribution in [-0.4, -0.2) is 47.8 Å². The van der Waals surface area contributed by atoms with Crippen molar-refractivity contribution in [3.63, 3.8) is 0 Å². The maximum Gasteiger partial charge on any atom is 0.416 e. The Kier molecular flexibility index (Phi) is 5.26. The van der Waals surface area contributed by atoms with Crippen LogP contribution in [0.4, 0.5) is 17.6 Å².